The van der Waals surface area contributed by atoms with Crippen molar-refractivity contribution in [3.8, 4) is 5.75 Å². The fourth-order valence-electron chi connectivity index (χ4n) is 1.27. The number of aromatic nitrogens is 1. The number of rotatable bonds is 3. The highest BCUT2D eigenvalue weighted by Crippen LogP contribution is 2.26. The number of ether oxygens (including phenoxy) is 1. The molecule has 2 aromatic rings. The fourth-order valence-corrected chi connectivity index (χ4v) is 1.97. The van der Waals surface area contributed by atoms with Crippen LogP contribution in [0.25, 0.3) is 0 Å². The molecule has 0 radical (unpaired) electrons. The molecular weight excluding hydrogens is 325 g/mol. The zero-order valence-corrected chi connectivity index (χ0v) is 11.8. The number of benzene rings is 1. The predicted molar refractivity (Wildman–Crippen MR) is 72.7 cm³/mol. The average molecular weight is 333 g/mol. The molecule has 0 spiro atoms. The number of nitrogens with zero attached hydrogens (tertiary/aromatic N) is 1. The molecule has 0 atom stereocenters. The van der Waals surface area contributed by atoms with Crippen LogP contribution in [0.1, 0.15) is 5.56 Å². The van der Waals surface area contributed by atoms with E-state index >= 15 is 0 Å². The molecule has 1 aromatic heterocycles. The minimum atomic E-state index is 0.435. The molecule has 0 saturated heterocycles. The van der Waals surface area contributed by atoms with E-state index in [0.717, 1.165) is 10.0 Å². The van der Waals surface area contributed by atoms with Gasteiger partial charge in [0.05, 0.1) is 10.0 Å². The summed E-state index contributed by atoms with van der Waals surface area (Å²) in [5.74, 6) is 0.680. The summed E-state index contributed by atoms with van der Waals surface area (Å²) in [5, 5.41) is 1.000. The monoisotopic (exact) mass is 331 g/mol. The van der Waals surface area contributed by atoms with Crippen molar-refractivity contribution in [3.05, 3.63) is 56.7 Å². The molecule has 0 aliphatic heterocycles. The van der Waals surface area contributed by atoms with Crippen LogP contribution in [-0.2, 0) is 6.61 Å². The summed E-state index contributed by atoms with van der Waals surface area (Å²) >= 11 is 15.1. The van der Waals surface area contributed by atoms with Gasteiger partial charge in [-0.3, -0.25) is 4.98 Å². The summed E-state index contributed by atoms with van der Waals surface area (Å²) in [4.78, 5) is 4.05. The average Bonchev–Trinajstić information content (AvgIpc) is 2.31. The molecule has 0 aliphatic carbocycles. The van der Waals surface area contributed by atoms with Gasteiger partial charge in [0.2, 0.25) is 0 Å². The molecule has 0 unspecified atom stereocenters. The van der Waals surface area contributed by atoms with Crippen LogP contribution in [0.4, 0.5) is 0 Å². The van der Waals surface area contributed by atoms with E-state index in [1.807, 2.05) is 6.07 Å². The van der Waals surface area contributed by atoms with Crippen LogP contribution in [0.3, 0.4) is 0 Å². The van der Waals surface area contributed by atoms with E-state index in [2.05, 4.69) is 20.9 Å². The molecule has 2 nitrogen and oxygen atoms in total. The Morgan fingerprint density at radius 1 is 1.12 bits per heavy atom. The van der Waals surface area contributed by atoms with Gasteiger partial charge in [-0.2, -0.15) is 0 Å². The van der Waals surface area contributed by atoms with Crippen LogP contribution >= 0.6 is 39.1 Å². The lowest BCUT2D eigenvalue weighted by Crippen LogP contribution is -1.96. The fraction of sp³-hybridized carbons (Fsp3) is 0.0833. The van der Waals surface area contributed by atoms with Gasteiger partial charge in [-0.15, -0.1) is 0 Å². The van der Waals surface area contributed by atoms with Crippen molar-refractivity contribution in [1.82, 2.24) is 4.98 Å². The second-order valence-corrected chi connectivity index (χ2v) is 5.11. The molecule has 0 fully saturated rings. The maximum Gasteiger partial charge on any atom is 0.121 e. The molecule has 5 heteroatoms. The van der Waals surface area contributed by atoms with Crippen molar-refractivity contribution in [2.75, 3.05) is 0 Å². The van der Waals surface area contributed by atoms with Gasteiger partial charge in [0, 0.05) is 28.5 Å². The van der Waals surface area contributed by atoms with Crippen molar-refractivity contribution in [1.29, 1.82) is 0 Å². The van der Waals surface area contributed by atoms with Crippen LogP contribution in [0.5, 0.6) is 5.75 Å². The molecule has 0 aliphatic rings. The molecule has 17 heavy (non-hydrogen) atoms. The van der Waals surface area contributed by atoms with Crippen molar-refractivity contribution in [2.45, 2.75) is 6.61 Å². The first kappa shape index (κ1) is 12.7. The van der Waals surface area contributed by atoms with E-state index in [1.165, 1.54) is 0 Å². The lowest BCUT2D eigenvalue weighted by Gasteiger charge is -2.07. The smallest absolute Gasteiger partial charge is 0.121 e. The Hall–Kier alpha value is -0.770. The Morgan fingerprint density at radius 3 is 2.65 bits per heavy atom. The summed E-state index contributed by atoms with van der Waals surface area (Å²) in [5.41, 5.74) is 0.977. The first-order chi connectivity index (χ1) is 8.15. The van der Waals surface area contributed by atoms with E-state index in [-0.39, 0.29) is 0 Å². The third-order valence-corrected chi connectivity index (χ3v) is 3.23. The largest absolute Gasteiger partial charge is 0.489 e. The zero-order chi connectivity index (χ0) is 12.3. The molecule has 0 amide bonds. The second kappa shape index (κ2) is 5.71. The van der Waals surface area contributed by atoms with Crippen LogP contribution in [0, 0.1) is 0 Å². The Kier molecular flexibility index (Phi) is 4.26. The van der Waals surface area contributed by atoms with Crippen LogP contribution in [0.15, 0.2) is 41.1 Å². The standard InChI is InChI=1S/C12H8BrCl2NO/c13-9-3-8(5-16-6-9)7-17-10-1-2-11(14)12(15)4-10/h1-6H,7H2. The molecule has 2 rings (SSSR count). The third-order valence-electron chi connectivity index (χ3n) is 2.06. The van der Waals surface area contributed by atoms with Gasteiger partial charge in [-0.25, -0.2) is 0 Å². The summed E-state index contributed by atoms with van der Waals surface area (Å²) in [7, 11) is 0. The van der Waals surface area contributed by atoms with Crippen LogP contribution in [0.2, 0.25) is 10.0 Å². The van der Waals surface area contributed by atoms with E-state index < -0.39 is 0 Å². The summed E-state index contributed by atoms with van der Waals surface area (Å²) < 4.78 is 6.50. The quantitative estimate of drug-likeness (QED) is 0.810. The summed E-state index contributed by atoms with van der Waals surface area (Å²) in [6.07, 6.45) is 3.48. The second-order valence-electron chi connectivity index (χ2n) is 3.38. The number of pyridine rings is 1. The maximum absolute atomic E-state index is 5.89. The highest BCUT2D eigenvalue weighted by atomic mass is 79.9. The van der Waals surface area contributed by atoms with Gasteiger partial charge in [-0.1, -0.05) is 23.2 Å². The maximum atomic E-state index is 5.89. The number of hydrogen-bond donors (Lipinski definition) is 0. The predicted octanol–water partition coefficient (Wildman–Crippen LogP) is 4.73. The zero-order valence-electron chi connectivity index (χ0n) is 8.66. The van der Waals surface area contributed by atoms with Gasteiger partial charge in [0.25, 0.3) is 0 Å². The number of hydrogen-bond acceptors (Lipinski definition) is 2. The van der Waals surface area contributed by atoms with E-state index in [9.17, 15) is 0 Å². The molecule has 0 bridgehead atoms. The SMILES string of the molecule is Clc1ccc(OCc2cncc(Br)c2)cc1Cl. The van der Waals surface area contributed by atoms with Crippen molar-refractivity contribution in [3.63, 3.8) is 0 Å². The topological polar surface area (TPSA) is 22.1 Å². The molecule has 0 saturated carbocycles. The van der Waals surface area contributed by atoms with Crippen molar-refractivity contribution >= 4 is 39.1 Å². The number of halogens is 3. The van der Waals surface area contributed by atoms with Gasteiger partial charge < -0.3 is 4.74 Å². The van der Waals surface area contributed by atoms with Crippen molar-refractivity contribution < 1.29 is 4.74 Å². The molecular formula is C12H8BrCl2NO. The molecule has 1 aromatic carbocycles. The highest BCUT2D eigenvalue weighted by Gasteiger charge is 2.01. The normalized spacial score (nSPS) is 10.3. The lowest BCUT2D eigenvalue weighted by molar-refractivity contribution is 0.305. The van der Waals surface area contributed by atoms with E-state index in [4.69, 9.17) is 27.9 Å². The third kappa shape index (κ3) is 3.60. The Balaban J connectivity index is 2.05. The van der Waals surface area contributed by atoms with Gasteiger partial charge in [0.15, 0.2) is 0 Å². The Morgan fingerprint density at radius 2 is 1.94 bits per heavy atom. The van der Waals surface area contributed by atoms with Gasteiger partial charge in [-0.05, 0) is 34.1 Å². The first-order valence-electron chi connectivity index (χ1n) is 4.82. The molecule has 88 valence electrons. The Bertz CT molecular complexity index is 534. The van der Waals surface area contributed by atoms with Crippen LogP contribution in [-0.4, -0.2) is 4.98 Å². The van der Waals surface area contributed by atoms with E-state index in [1.54, 1.807) is 30.6 Å². The minimum absolute atomic E-state index is 0.435. The van der Waals surface area contributed by atoms with Gasteiger partial charge >= 0.3 is 0 Å². The highest BCUT2D eigenvalue weighted by molar-refractivity contribution is 9.10. The molecule has 0 N–H and O–H groups in total. The minimum Gasteiger partial charge on any atom is -0.489 e. The summed E-state index contributed by atoms with van der Waals surface area (Å²) in [6, 6.07) is 7.12. The van der Waals surface area contributed by atoms with Crippen molar-refractivity contribution in [2.24, 2.45) is 0 Å². The summed E-state index contributed by atoms with van der Waals surface area (Å²) in [6.45, 7) is 0.435. The van der Waals surface area contributed by atoms with E-state index in [0.29, 0.717) is 22.4 Å². The van der Waals surface area contributed by atoms with Crippen LogP contribution < -0.4 is 4.74 Å². The molecule has 1 heterocycles. The Labute approximate surface area is 118 Å². The first-order valence-corrected chi connectivity index (χ1v) is 6.37. The van der Waals surface area contributed by atoms with Gasteiger partial charge in [0.1, 0.15) is 12.4 Å². The lowest BCUT2D eigenvalue weighted by atomic mass is 10.3.